The van der Waals surface area contributed by atoms with Crippen LogP contribution in [0, 0.1) is 5.92 Å². The molecule has 1 amide bonds. The van der Waals surface area contributed by atoms with Crippen molar-refractivity contribution in [3.8, 4) is 0 Å². The highest BCUT2D eigenvalue weighted by Crippen LogP contribution is 2.24. The Morgan fingerprint density at radius 2 is 1.95 bits per heavy atom. The van der Waals surface area contributed by atoms with Gasteiger partial charge in [0.15, 0.2) is 0 Å². The highest BCUT2D eigenvalue weighted by Gasteiger charge is 2.23. The fraction of sp³-hybridized carbons (Fsp3) is 0.533. The molecule has 0 aromatic heterocycles. The molecule has 1 aromatic rings. The molecule has 5 N–H and O–H groups in total. The average Bonchev–Trinajstić information content (AvgIpc) is 2.53. The molecule has 1 fully saturated rings. The third-order valence-corrected chi connectivity index (χ3v) is 3.88. The normalized spacial score (nSPS) is 17.5. The molecule has 0 bridgehead atoms. The monoisotopic (exact) mass is 293 g/mol. The van der Waals surface area contributed by atoms with Crippen LogP contribution in [0.1, 0.15) is 12.8 Å². The summed E-state index contributed by atoms with van der Waals surface area (Å²) < 4.78 is 0. The maximum Gasteiger partial charge on any atom is 0.220 e. The maximum atomic E-state index is 11.2. The molecule has 6 nitrogen and oxygen atoms in total. The molecule has 0 spiro atoms. The summed E-state index contributed by atoms with van der Waals surface area (Å²) in [4.78, 5) is 13.4. The van der Waals surface area contributed by atoms with Crippen molar-refractivity contribution in [2.24, 2.45) is 11.7 Å². The summed E-state index contributed by atoms with van der Waals surface area (Å²) in [6, 6.07) is 7.91. The van der Waals surface area contributed by atoms with Crippen molar-refractivity contribution < 1.29 is 15.0 Å². The van der Waals surface area contributed by atoms with Crippen LogP contribution in [0.25, 0.3) is 0 Å². The summed E-state index contributed by atoms with van der Waals surface area (Å²) >= 11 is 0. The van der Waals surface area contributed by atoms with E-state index in [1.165, 1.54) is 0 Å². The van der Waals surface area contributed by atoms with Crippen LogP contribution in [0.15, 0.2) is 24.3 Å². The Balaban J connectivity index is 1.86. The Morgan fingerprint density at radius 3 is 2.48 bits per heavy atom. The number of carbonyl (C=O) groups excluding carboxylic acids is 1. The second-order valence-corrected chi connectivity index (χ2v) is 5.43. The fourth-order valence-corrected chi connectivity index (χ4v) is 2.51. The third-order valence-electron chi connectivity index (χ3n) is 3.88. The summed E-state index contributed by atoms with van der Waals surface area (Å²) in [7, 11) is 0. The number of carbonyl (C=O) groups is 1. The van der Waals surface area contributed by atoms with Gasteiger partial charge in [-0.15, -0.1) is 0 Å². The fourth-order valence-electron chi connectivity index (χ4n) is 2.51. The Bertz CT molecular complexity index is 456. The van der Waals surface area contributed by atoms with E-state index < -0.39 is 6.10 Å². The van der Waals surface area contributed by atoms with E-state index in [-0.39, 0.29) is 18.4 Å². The molecule has 1 atom stereocenters. The summed E-state index contributed by atoms with van der Waals surface area (Å²) in [5, 5.41) is 21.1. The quantitative estimate of drug-likeness (QED) is 0.598. The van der Waals surface area contributed by atoms with Gasteiger partial charge in [-0.1, -0.05) is 0 Å². The molecule has 1 saturated heterocycles. The highest BCUT2D eigenvalue weighted by atomic mass is 16.3. The lowest BCUT2D eigenvalue weighted by atomic mass is 9.96. The number of rotatable bonds is 6. The van der Waals surface area contributed by atoms with Crippen LogP contribution >= 0.6 is 0 Å². The zero-order chi connectivity index (χ0) is 15.2. The van der Waals surface area contributed by atoms with Crippen molar-refractivity contribution in [3.05, 3.63) is 24.3 Å². The van der Waals surface area contributed by atoms with Crippen molar-refractivity contribution in [2.45, 2.75) is 18.9 Å². The van der Waals surface area contributed by atoms with Crippen molar-refractivity contribution in [3.63, 3.8) is 0 Å². The van der Waals surface area contributed by atoms with E-state index in [9.17, 15) is 9.90 Å². The zero-order valence-electron chi connectivity index (χ0n) is 12.0. The molecule has 1 unspecified atom stereocenters. The number of anilines is 2. The van der Waals surface area contributed by atoms with Gasteiger partial charge in [-0.3, -0.25) is 4.79 Å². The molecule has 0 saturated carbocycles. The van der Waals surface area contributed by atoms with Gasteiger partial charge in [-0.05, 0) is 37.1 Å². The van der Waals surface area contributed by atoms with E-state index >= 15 is 0 Å². The number of nitrogens with one attached hydrogen (secondary N) is 1. The van der Waals surface area contributed by atoms with Crippen LogP contribution in [0.2, 0.25) is 0 Å². The predicted octanol–water partition coefficient (Wildman–Crippen LogP) is 0.153. The van der Waals surface area contributed by atoms with E-state index in [1.54, 1.807) is 0 Å². The summed E-state index contributed by atoms with van der Waals surface area (Å²) in [5.41, 5.74) is 7.35. The lowest BCUT2D eigenvalue weighted by Gasteiger charge is -2.32. The molecule has 0 aliphatic carbocycles. The molecule has 2 rings (SSSR count). The van der Waals surface area contributed by atoms with Gasteiger partial charge in [0, 0.05) is 36.9 Å². The first-order valence-corrected chi connectivity index (χ1v) is 7.27. The topological polar surface area (TPSA) is 98.8 Å². The minimum absolute atomic E-state index is 0.00200. The predicted molar refractivity (Wildman–Crippen MR) is 82.2 cm³/mol. The van der Waals surface area contributed by atoms with Crippen LogP contribution in [0.4, 0.5) is 11.4 Å². The molecule has 1 aliphatic heterocycles. The second-order valence-electron chi connectivity index (χ2n) is 5.43. The molecule has 21 heavy (non-hydrogen) atoms. The lowest BCUT2D eigenvalue weighted by molar-refractivity contribution is -0.122. The van der Waals surface area contributed by atoms with Crippen molar-refractivity contribution >= 4 is 17.3 Å². The van der Waals surface area contributed by atoms with Gasteiger partial charge in [-0.2, -0.15) is 0 Å². The molecule has 116 valence electrons. The van der Waals surface area contributed by atoms with Gasteiger partial charge in [0.05, 0.1) is 12.7 Å². The van der Waals surface area contributed by atoms with E-state index in [0.717, 1.165) is 37.3 Å². The summed E-state index contributed by atoms with van der Waals surface area (Å²) in [5.74, 6) is -0.196. The Morgan fingerprint density at radius 1 is 1.33 bits per heavy atom. The number of hydrogen-bond acceptors (Lipinski definition) is 5. The van der Waals surface area contributed by atoms with Gasteiger partial charge in [-0.25, -0.2) is 0 Å². The van der Waals surface area contributed by atoms with Gasteiger partial charge in [0.2, 0.25) is 5.91 Å². The smallest absolute Gasteiger partial charge is 0.220 e. The number of nitrogens with two attached hydrogens (primary N) is 1. The van der Waals surface area contributed by atoms with Crippen molar-refractivity contribution in [2.75, 3.05) is 36.5 Å². The first kappa shape index (κ1) is 15.6. The number of amides is 1. The van der Waals surface area contributed by atoms with Gasteiger partial charge >= 0.3 is 0 Å². The van der Waals surface area contributed by atoms with E-state index in [0.29, 0.717) is 6.54 Å². The Kier molecular flexibility index (Phi) is 5.41. The largest absolute Gasteiger partial charge is 0.394 e. The summed E-state index contributed by atoms with van der Waals surface area (Å²) in [6.45, 7) is 1.74. The molecule has 0 radical (unpaired) electrons. The van der Waals surface area contributed by atoms with Crippen LogP contribution in [0.3, 0.4) is 0 Å². The number of primary amides is 1. The molecular weight excluding hydrogens is 270 g/mol. The first-order valence-electron chi connectivity index (χ1n) is 7.27. The van der Waals surface area contributed by atoms with Crippen LogP contribution < -0.4 is 16.0 Å². The minimum Gasteiger partial charge on any atom is -0.394 e. The van der Waals surface area contributed by atoms with Gasteiger partial charge in [0.25, 0.3) is 0 Å². The molecule has 6 heteroatoms. The Labute approximate surface area is 124 Å². The van der Waals surface area contributed by atoms with Crippen LogP contribution in [0.5, 0.6) is 0 Å². The maximum absolute atomic E-state index is 11.2. The van der Waals surface area contributed by atoms with E-state index in [4.69, 9.17) is 10.8 Å². The number of nitrogens with zero attached hydrogens (tertiary/aromatic N) is 1. The van der Waals surface area contributed by atoms with E-state index in [2.05, 4.69) is 10.2 Å². The van der Waals surface area contributed by atoms with Crippen molar-refractivity contribution in [1.29, 1.82) is 0 Å². The SMILES string of the molecule is NC(=O)C1CCN(c2ccc(NCC(O)CO)cc2)CC1. The average molecular weight is 293 g/mol. The highest BCUT2D eigenvalue weighted by molar-refractivity contribution is 5.77. The number of benzene rings is 1. The molecule has 1 aromatic carbocycles. The van der Waals surface area contributed by atoms with Crippen LogP contribution in [-0.4, -0.2) is 48.5 Å². The van der Waals surface area contributed by atoms with Crippen LogP contribution in [-0.2, 0) is 4.79 Å². The van der Waals surface area contributed by atoms with Gasteiger partial charge < -0.3 is 26.2 Å². The van der Waals surface area contributed by atoms with E-state index in [1.807, 2.05) is 24.3 Å². The number of piperidine rings is 1. The third kappa shape index (κ3) is 4.34. The summed E-state index contributed by atoms with van der Waals surface area (Å²) in [6.07, 6.45) is 0.855. The lowest BCUT2D eigenvalue weighted by Crippen LogP contribution is -2.38. The second kappa shape index (κ2) is 7.28. The van der Waals surface area contributed by atoms with Crippen molar-refractivity contribution in [1.82, 2.24) is 0 Å². The minimum atomic E-state index is -0.752. The molecular formula is C15H23N3O3. The number of hydrogen-bond donors (Lipinski definition) is 4. The number of aliphatic hydroxyl groups excluding tert-OH is 2. The molecule has 1 aliphatic rings. The Hall–Kier alpha value is -1.79. The zero-order valence-corrected chi connectivity index (χ0v) is 12.0. The van der Waals surface area contributed by atoms with Gasteiger partial charge in [0.1, 0.15) is 0 Å². The first-order chi connectivity index (χ1) is 10.1. The number of aliphatic hydroxyl groups is 2. The standard InChI is InChI=1S/C15H23N3O3/c16-15(21)11-5-7-18(8-6-11)13-3-1-12(2-4-13)17-9-14(20)10-19/h1-4,11,14,17,19-20H,5-10H2,(H2,16,21). The molecule has 1 heterocycles.